The van der Waals surface area contributed by atoms with Crippen molar-refractivity contribution in [2.24, 2.45) is 5.73 Å². The normalized spacial score (nSPS) is 10.1. The molecule has 0 unspecified atom stereocenters. The number of hydrogen-bond donors (Lipinski definition) is 2. The van der Waals surface area contributed by atoms with Crippen molar-refractivity contribution in [2.75, 3.05) is 11.9 Å². The van der Waals surface area contributed by atoms with E-state index >= 15 is 0 Å². The first-order chi connectivity index (χ1) is 10.5. The van der Waals surface area contributed by atoms with E-state index in [0.29, 0.717) is 10.2 Å². The summed E-state index contributed by atoms with van der Waals surface area (Å²) in [5, 5.41) is 2.53. The lowest BCUT2D eigenvalue weighted by atomic mass is 10.2. The summed E-state index contributed by atoms with van der Waals surface area (Å²) in [6, 6.07) is 10.4. The van der Waals surface area contributed by atoms with E-state index in [1.54, 1.807) is 18.2 Å². The van der Waals surface area contributed by atoms with Crippen LogP contribution in [0.25, 0.3) is 0 Å². The van der Waals surface area contributed by atoms with Crippen LogP contribution in [-0.2, 0) is 4.79 Å². The maximum atomic E-state index is 13.5. The first-order valence-electron chi connectivity index (χ1n) is 6.23. The van der Waals surface area contributed by atoms with Crippen LogP contribution in [0.4, 0.5) is 10.1 Å². The molecule has 0 saturated heterocycles. The Bertz CT molecular complexity index is 722. The van der Waals surface area contributed by atoms with Gasteiger partial charge in [-0.15, -0.1) is 0 Å². The van der Waals surface area contributed by atoms with Gasteiger partial charge in [-0.2, -0.15) is 0 Å². The standard InChI is InChI=1S/C15H12BrFN2O3/c16-10-4-5-13(12(17)7-10)22-8-14(20)19-11-3-1-2-9(6-11)15(18)21/h1-7H,8H2,(H2,18,21)(H,19,20). The smallest absolute Gasteiger partial charge is 0.262 e. The fraction of sp³-hybridized carbons (Fsp3) is 0.0667. The number of anilines is 1. The van der Waals surface area contributed by atoms with Gasteiger partial charge in [0.05, 0.1) is 0 Å². The average molecular weight is 367 g/mol. The molecule has 2 rings (SSSR count). The van der Waals surface area contributed by atoms with Crippen molar-refractivity contribution < 1.29 is 18.7 Å². The molecule has 0 radical (unpaired) electrons. The molecule has 2 aromatic carbocycles. The predicted octanol–water partition coefficient (Wildman–Crippen LogP) is 2.70. The number of rotatable bonds is 5. The number of amides is 2. The molecule has 0 aliphatic rings. The molecular formula is C15H12BrFN2O3. The number of nitrogens with two attached hydrogens (primary N) is 1. The van der Waals surface area contributed by atoms with E-state index < -0.39 is 17.6 Å². The second-order valence-corrected chi connectivity index (χ2v) is 5.27. The Balaban J connectivity index is 1.95. The predicted molar refractivity (Wildman–Crippen MR) is 83.2 cm³/mol. The lowest BCUT2D eigenvalue weighted by molar-refractivity contribution is -0.118. The van der Waals surface area contributed by atoms with E-state index in [1.807, 2.05) is 0 Å². The summed E-state index contributed by atoms with van der Waals surface area (Å²) in [6.45, 7) is -0.362. The molecule has 0 aliphatic carbocycles. The zero-order valence-corrected chi connectivity index (χ0v) is 12.9. The van der Waals surface area contributed by atoms with Crippen LogP contribution in [0.2, 0.25) is 0 Å². The second-order valence-electron chi connectivity index (χ2n) is 4.36. The zero-order chi connectivity index (χ0) is 16.1. The molecule has 0 heterocycles. The van der Waals surface area contributed by atoms with Gasteiger partial charge in [0.25, 0.3) is 5.91 Å². The molecular weight excluding hydrogens is 355 g/mol. The van der Waals surface area contributed by atoms with Gasteiger partial charge >= 0.3 is 0 Å². The Morgan fingerprint density at radius 2 is 2.00 bits per heavy atom. The number of ether oxygens (including phenoxy) is 1. The molecule has 7 heteroatoms. The van der Waals surface area contributed by atoms with Crippen molar-refractivity contribution in [1.82, 2.24) is 0 Å². The van der Waals surface area contributed by atoms with Gasteiger partial charge in [-0.3, -0.25) is 9.59 Å². The van der Waals surface area contributed by atoms with Gasteiger partial charge < -0.3 is 15.8 Å². The lowest BCUT2D eigenvalue weighted by Crippen LogP contribution is -2.21. The highest BCUT2D eigenvalue weighted by molar-refractivity contribution is 9.10. The minimum atomic E-state index is -0.593. The highest BCUT2D eigenvalue weighted by Gasteiger charge is 2.09. The Hall–Kier alpha value is -2.41. The molecule has 2 aromatic rings. The molecule has 22 heavy (non-hydrogen) atoms. The number of carbonyl (C=O) groups excluding carboxylic acids is 2. The molecule has 3 N–H and O–H groups in total. The van der Waals surface area contributed by atoms with Crippen LogP contribution in [0.1, 0.15) is 10.4 Å². The first-order valence-corrected chi connectivity index (χ1v) is 7.02. The van der Waals surface area contributed by atoms with Crippen molar-refractivity contribution in [2.45, 2.75) is 0 Å². The lowest BCUT2D eigenvalue weighted by Gasteiger charge is -2.09. The maximum Gasteiger partial charge on any atom is 0.262 e. The number of benzene rings is 2. The van der Waals surface area contributed by atoms with Gasteiger partial charge in [-0.1, -0.05) is 22.0 Å². The van der Waals surface area contributed by atoms with Gasteiger partial charge in [-0.25, -0.2) is 4.39 Å². The van der Waals surface area contributed by atoms with Crippen molar-refractivity contribution in [3.05, 3.63) is 58.3 Å². The topological polar surface area (TPSA) is 81.4 Å². The third-order valence-electron chi connectivity index (χ3n) is 2.68. The monoisotopic (exact) mass is 366 g/mol. The molecule has 0 fully saturated rings. The molecule has 0 bridgehead atoms. The minimum Gasteiger partial charge on any atom is -0.481 e. The Kier molecular flexibility index (Phi) is 5.11. The van der Waals surface area contributed by atoms with Crippen LogP contribution in [-0.4, -0.2) is 18.4 Å². The second kappa shape index (κ2) is 7.04. The fourth-order valence-corrected chi connectivity index (χ4v) is 2.02. The Labute approximate surface area is 134 Å². The number of primary amides is 1. The van der Waals surface area contributed by atoms with Crippen molar-refractivity contribution in [1.29, 1.82) is 0 Å². The summed E-state index contributed by atoms with van der Waals surface area (Å²) in [5.74, 6) is -1.67. The van der Waals surface area contributed by atoms with Crippen molar-refractivity contribution in [3.63, 3.8) is 0 Å². The van der Waals surface area contributed by atoms with E-state index in [2.05, 4.69) is 21.2 Å². The summed E-state index contributed by atoms with van der Waals surface area (Å²) >= 11 is 3.13. The quantitative estimate of drug-likeness (QED) is 0.853. The highest BCUT2D eigenvalue weighted by Crippen LogP contribution is 2.21. The van der Waals surface area contributed by atoms with E-state index in [1.165, 1.54) is 24.3 Å². The summed E-state index contributed by atoms with van der Waals surface area (Å²) in [5.41, 5.74) is 5.83. The van der Waals surface area contributed by atoms with Crippen molar-refractivity contribution in [3.8, 4) is 5.75 Å². The minimum absolute atomic E-state index is 0.0239. The molecule has 0 atom stereocenters. The van der Waals surface area contributed by atoms with Crippen LogP contribution >= 0.6 is 15.9 Å². The van der Waals surface area contributed by atoms with E-state index in [-0.39, 0.29) is 17.9 Å². The molecule has 0 aliphatic heterocycles. The third kappa shape index (κ3) is 4.29. The number of halogens is 2. The van der Waals surface area contributed by atoms with Crippen LogP contribution in [0, 0.1) is 5.82 Å². The van der Waals surface area contributed by atoms with Gasteiger partial charge in [0.1, 0.15) is 0 Å². The van der Waals surface area contributed by atoms with Crippen LogP contribution in [0.15, 0.2) is 46.9 Å². The van der Waals surface area contributed by atoms with Gasteiger partial charge in [0.2, 0.25) is 5.91 Å². The fourth-order valence-electron chi connectivity index (χ4n) is 1.68. The zero-order valence-electron chi connectivity index (χ0n) is 11.3. The Morgan fingerprint density at radius 1 is 1.23 bits per heavy atom. The van der Waals surface area contributed by atoms with Crippen molar-refractivity contribution >= 4 is 33.4 Å². The van der Waals surface area contributed by atoms with Crippen LogP contribution < -0.4 is 15.8 Å². The first kappa shape index (κ1) is 16.0. The van der Waals surface area contributed by atoms with Crippen LogP contribution in [0.3, 0.4) is 0 Å². The van der Waals surface area contributed by atoms with E-state index in [0.717, 1.165) is 0 Å². The summed E-state index contributed by atoms with van der Waals surface area (Å²) in [6.07, 6.45) is 0. The van der Waals surface area contributed by atoms with Gasteiger partial charge in [0, 0.05) is 15.7 Å². The number of carbonyl (C=O) groups is 2. The molecule has 0 saturated carbocycles. The van der Waals surface area contributed by atoms with E-state index in [9.17, 15) is 14.0 Å². The largest absolute Gasteiger partial charge is 0.481 e. The van der Waals surface area contributed by atoms with Gasteiger partial charge in [-0.05, 0) is 36.4 Å². The van der Waals surface area contributed by atoms with Crippen LogP contribution in [0.5, 0.6) is 5.75 Å². The number of hydrogen-bond acceptors (Lipinski definition) is 3. The third-order valence-corrected chi connectivity index (χ3v) is 3.18. The summed E-state index contributed by atoms with van der Waals surface area (Å²) < 4.78 is 19.2. The Morgan fingerprint density at radius 3 is 2.68 bits per heavy atom. The summed E-state index contributed by atoms with van der Waals surface area (Å²) in [4.78, 5) is 22.8. The number of nitrogens with one attached hydrogen (secondary N) is 1. The molecule has 5 nitrogen and oxygen atoms in total. The molecule has 114 valence electrons. The SMILES string of the molecule is NC(=O)c1cccc(NC(=O)COc2ccc(Br)cc2F)c1. The van der Waals surface area contributed by atoms with Gasteiger partial charge in [0.15, 0.2) is 18.2 Å². The summed E-state index contributed by atoms with van der Waals surface area (Å²) in [7, 11) is 0. The molecule has 2 amide bonds. The molecule has 0 spiro atoms. The highest BCUT2D eigenvalue weighted by atomic mass is 79.9. The molecule has 0 aromatic heterocycles. The van der Waals surface area contributed by atoms with E-state index in [4.69, 9.17) is 10.5 Å². The average Bonchev–Trinajstić information content (AvgIpc) is 2.46. The maximum absolute atomic E-state index is 13.5.